The van der Waals surface area contributed by atoms with Gasteiger partial charge in [-0.25, -0.2) is 9.97 Å². The number of anilines is 2. The third-order valence-corrected chi connectivity index (χ3v) is 5.43. The molecule has 1 aliphatic heterocycles. The molecule has 0 radical (unpaired) electrons. The molecule has 0 spiro atoms. The van der Waals surface area contributed by atoms with Gasteiger partial charge in [0.1, 0.15) is 5.75 Å². The summed E-state index contributed by atoms with van der Waals surface area (Å²) in [5.74, 6) is -0.0894. The van der Waals surface area contributed by atoms with E-state index < -0.39 is 11.7 Å². The van der Waals surface area contributed by atoms with Gasteiger partial charge in [0.2, 0.25) is 5.95 Å². The van der Waals surface area contributed by atoms with Gasteiger partial charge in [-0.15, -0.1) is 0 Å². The summed E-state index contributed by atoms with van der Waals surface area (Å²) in [5.41, 5.74) is -0.567. The smallest absolute Gasteiger partial charge is 0.419 e. The first-order chi connectivity index (χ1) is 14.6. The first-order valence-corrected chi connectivity index (χ1v) is 10.0. The minimum Gasteiger partial charge on any atom is -0.495 e. The number of nitrogens with one attached hydrogen (secondary N) is 2. The highest BCUT2D eigenvalue weighted by atomic mass is 35.5. The summed E-state index contributed by atoms with van der Waals surface area (Å²) in [4.78, 5) is 22.5. The Hall–Kier alpha value is -2.59. The van der Waals surface area contributed by atoms with Gasteiger partial charge in [-0.05, 0) is 52.0 Å². The summed E-state index contributed by atoms with van der Waals surface area (Å²) in [6, 6.07) is 3.00. The lowest BCUT2D eigenvalue weighted by molar-refractivity contribution is -0.138. The number of rotatable bonds is 5. The number of alkyl halides is 3. The fourth-order valence-corrected chi connectivity index (χ4v) is 3.59. The average molecular weight is 458 g/mol. The number of hydrogen-bond donors (Lipinski definition) is 2. The van der Waals surface area contributed by atoms with Gasteiger partial charge >= 0.3 is 6.18 Å². The van der Waals surface area contributed by atoms with Crippen LogP contribution in [0, 0.1) is 6.92 Å². The van der Waals surface area contributed by atoms with E-state index in [1.54, 1.807) is 0 Å². The lowest BCUT2D eigenvalue weighted by atomic mass is 10.0. The highest BCUT2D eigenvalue weighted by Crippen LogP contribution is 2.34. The molecule has 0 aliphatic carbocycles. The zero-order valence-electron chi connectivity index (χ0n) is 17.3. The van der Waals surface area contributed by atoms with Crippen molar-refractivity contribution in [3.05, 3.63) is 40.2 Å². The summed E-state index contributed by atoms with van der Waals surface area (Å²) < 4.78 is 44.1. The molecule has 1 saturated heterocycles. The van der Waals surface area contributed by atoms with Gasteiger partial charge in [0, 0.05) is 12.2 Å². The molecule has 0 bridgehead atoms. The zero-order valence-corrected chi connectivity index (χ0v) is 18.1. The van der Waals surface area contributed by atoms with E-state index in [1.165, 1.54) is 26.2 Å². The Labute approximate surface area is 183 Å². The van der Waals surface area contributed by atoms with Crippen molar-refractivity contribution in [3.8, 4) is 5.75 Å². The summed E-state index contributed by atoms with van der Waals surface area (Å²) in [7, 11) is 3.44. The standard InChI is InChI=1S/C20H23ClF3N5O2/c1-11-14(20(22,23)24)10-25-19(26-11)28-16-9-15(21)13(8-17(16)31-3)18(30)27-12-4-6-29(2)7-5-12/h8-10,12H,4-7H2,1-3H3,(H,27,30)(H,25,26,28). The highest BCUT2D eigenvalue weighted by molar-refractivity contribution is 6.34. The number of halogens is 4. The van der Waals surface area contributed by atoms with Crippen LogP contribution in [0.15, 0.2) is 18.3 Å². The molecule has 2 N–H and O–H groups in total. The fourth-order valence-electron chi connectivity index (χ4n) is 3.34. The molecule has 2 heterocycles. The number of methoxy groups -OCH3 is 1. The number of piperidine rings is 1. The van der Waals surface area contributed by atoms with E-state index >= 15 is 0 Å². The van der Waals surface area contributed by atoms with Crippen LogP contribution < -0.4 is 15.4 Å². The Morgan fingerprint density at radius 2 is 1.97 bits per heavy atom. The van der Waals surface area contributed by atoms with Crippen molar-refractivity contribution in [1.29, 1.82) is 0 Å². The van der Waals surface area contributed by atoms with Crippen LogP contribution in [-0.4, -0.2) is 54.1 Å². The first kappa shape index (κ1) is 23.1. The molecule has 0 saturated carbocycles. The normalized spacial score (nSPS) is 15.6. The highest BCUT2D eigenvalue weighted by Gasteiger charge is 2.33. The third kappa shape index (κ3) is 5.56. The number of hydrogen-bond acceptors (Lipinski definition) is 6. The number of amides is 1. The predicted molar refractivity (Wildman–Crippen MR) is 111 cm³/mol. The van der Waals surface area contributed by atoms with E-state index in [2.05, 4.69) is 25.5 Å². The van der Waals surface area contributed by atoms with Gasteiger partial charge in [-0.1, -0.05) is 11.6 Å². The van der Waals surface area contributed by atoms with Crippen molar-refractivity contribution in [2.24, 2.45) is 0 Å². The van der Waals surface area contributed by atoms with Crippen molar-refractivity contribution in [1.82, 2.24) is 20.2 Å². The Bertz CT molecular complexity index is 963. The van der Waals surface area contributed by atoms with Crippen molar-refractivity contribution in [2.75, 3.05) is 32.6 Å². The minimum atomic E-state index is -4.54. The largest absolute Gasteiger partial charge is 0.495 e. The third-order valence-electron chi connectivity index (χ3n) is 5.12. The van der Waals surface area contributed by atoms with Crippen molar-refractivity contribution < 1.29 is 22.7 Å². The summed E-state index contributed by atoms with van der Waals surface area (Å²) >= 11 is 6.32. The van der Waals surface area contributed by atoms with Crippen molar-refractivity contribution >= 4 is 29.1 Å². The van der Waals surface area contributed by atoms with Gasteiger partial charge in [0.15, 0.2) is 0 Å². The van der Waals surface area contributed by atoms with E-state index in [4.69, 9.17) is 16.3 Å². The van der Waals surface area contributed by atoms with Crippen LogP contribution in [-0.2, 0) is 6.18 Å². The van der Waals surface area contributed by atoms with Gasteiger partial charge in [-0.2, -0.15) is 13.2 Å². The molecule has 1 amide bonds. The van der Waals surface area contributed by atoms with Crippen LogP contribution in [0.4, 0.5) is 24.8 Å². The molecule has 0 atom stereocenters. The molecule has 1 aliphatic rings. The number of aryl methyl sites for hydroxylation is 1. The van der Waals surface area contributed by atoms with Crippen LogP contribution in [0.2, 0.25) is 5.02 Å². The van der Waals surface area contributed by atoms with E-state index in [-0.39, 0.29) is 39.9 Å². The number of benzene rings is 1. The van der Waals surface area contributed by atoms with Crippen molar-refractivity contribution in [2.45, 2.75) is 32.0 Å². The summed E-state index contributed by atoms with van der Waals surface area (Å²) in [6.07, 6.45) is -2.13. The predicted octanol–water partition coefficient (Wildman–Crippen LogP) is 4.03. The maximum atomic E-state index is 12.9. The maximum Gasteiger partial charge on any atom is 0.419 e. The van der Waals surface area contributed by atoms with Crippen LogP contribution >= 0.6 is 11.6 Å². The molecule has 1 fully saturated rings. The molecule has 2 aromatic rings. The average Bonchev–Trinajstić information content (AvgIpc) is 2.69. The Balaban J connectivity index is 1.79. The maximum absolute atomic E-state index is 12.9. The number of carbonyl (C=O) groups is 1. The molecule has 11 heteroatoms. The molecular weight excluding hydrogens is 435 g/mol. The van der Waals surface area contributed by atoms with Crippen LogP contribution in [0.3, 0.4) is 0 Å². The molecule has 3 rings (SSSR count). The second-order valence-electron chi connectivity index (χ2n) is 7.40. The molecular formula is C20H23ClF3N5O2. The Morgan fingerprint density at radius 3 is 2.55 bits per heavy atom. The molecule has 31 heavy (non-hydrogen) atoms. The Morgan fingerprint density at radius 1 is 1.29 bits per heavy atom. The monoisotopic (exact) mass is 457 g/mol. The molecule has 168 valence electrons. The lowest BCUT2D eigenvalue weighted by Gasteiger charge is -2.29. The van der Waals surface area contributed by atoms with Gasteiger partial charge in [0.05, 0.1) is 34.6 Å². The number of ether oxygens (including phenoxy) is 1. The second kappa shape index (κ2) is 9.27. The number of nitrogens with zero attached hydrogens (tertiary/aromatic N) is 3. The van der Waals surface area contributed by atoms with E-state index in [0.29, 0.717) is 11.9 Å². The number of likely N-dealkylation sites (tertiary alicyclic amines) is 1. The lowest BCUT2D eigenvalue weighted by Crippen LogP contribution is -2.43. The summed E-state index contributed by atoms with van der Waals surface area (Å²) in [5, 5.41) is 5.95. The van der Waals surface area contributed by atoms with Gasteiger partial charge in [0.25, 0.3) is 5.91 Å². The van der Waals surface area contributed by atoms with Crippen LogP contribution in [0.1, 0.15) is 34.5 Å². The second-order valence-corrected chi connectivity index (χ2v) is 7.81. The van der Waals surface area contributed by atoms with Gasteiger partial charge in [-0.3, -0.25) is 4.79 Å². The Kier molecular flexibility index (Phi) is 6.90. The van der Waals surface area contributed by atoms with E-state index in [1.807, 2.05) is 7.05 Å². The minimum absolute atomic E-state index is 0.0524. The van der Waals surface area contributed by atoms with Crippen molar-refractivity contribution in [3.63, 3.8) is 0 Å². The molecule has 1 aromatic carbocycles. The number of aromatic nitrogens is 2. The van der Waals surface area contributed by atoms with Crippen LogP contribution in [0.5, 0.6) is 5.75 Å². The molecule has 0 unspecified atom stereocenters. The van der Waals surface area contributed by atoms with E-state index in [9.17, 15) is 18.0 Å². The fraction of sp³-hybridized carbons (Fsp3) is 0.450. The summed E-state index contributed by atoms with van der Waals surface area (Å²) in [6.45, 7) is 3.05. The van der Waals surface area contributed by atoms with Crippen LogP contribution in [0.25, 0.3) is 0 Å². The van der Waals surface area contributed by atoms with E-state index in [0.717, 1.165) is 25.9 Å². The quantitative estimate of drug-likeness (QED) is 0.705. The topological polar surface area (TPSA) is 79.4 Å². The SMILES string of the molecule is COc1cc(C(=O)NC2CCN(C)CC2)c(Cl)cc1Nc1ncc(C(F)(F)F)c(C)n1. The number of carbonyl (C=O) groups excluding carboxylic acids is 1. The molecule has 1 aromatic heterocycles. The zero-order chi connectivity index (χ0) is 22.8. The van der Waals surface area contributed by atoms with Gasteiger partial charge < -0.3 is 20.3 Å². The first-order valence-electron chi connectivity index (χ1n) is 9.63. The molecule has 7 nitrogen and oxygen atoms in total.